The average Bonchev–Trinajstić information content (AvgIpc) is 2.73. The van der Waals surface area contributed by atoms with E-state index in [0.717, 1.165) is 0 Å². The van der Waals surface area contributed by atoms with Crippen LogP contribution in [0.2, 0.25) is 0 Å². The lowest BCUT2D eigenvalue weighted by Gasteiger charge is -2.21. The topological polar surface area (TPSA) is 97.4 Å². The van der Waals surface area contributed by atoms with E-state index in [9.17, 15) is 14.4 Å². The number of nitrogens with zero attached hydrogens (tertiary/aromatic N) is 1. The molecule has 0 spiro atoms. The van der Waals surface area contributed by atoms with Crippen molar-refractivity contribution in [2.45, 2.75) is 25.8 Å². The monoisotopic (exact) mass is 283 g/mol. The SMILES string of the molecule is COC(=O)c1nc(NC2CCC(=O)NC2=O)sc1C. The molecule has 7 nitrogen and oxygen atoms in total. The number of ether oxygens (including phenoxy) is 1. The van der Waals surface area contributed by atoms with Crippen LogP contribution in [-0.4, -0.2) is 35.9 Å². The number of amides is 2. The standard InChI is InChI=1S/C11H13N3O4S/c1-5-8(10(17)18-2)14-11(19-5)12-6-3-4-7(15)13-9(6)16/h6H,3-4H2,1-2H3,(H,12,14)(H,13,15,16). The van der Waals surface area contributed by atoms with Gasteiger partial charge in [-0.15, -0.1) is 11.3 Å². The van der Waals surface area contributed by atoms with Crippen molar-refractivity contribution in [3.63, 3.8) is 0 Å². The highest BCUT2D eigenvalue weighted by atomic mass is 32.1. The number of rotatable bonds is 3. The minimum Gasteiger partial charge on any atom is -0.464 e. The molecule has 0 bridgehead atoms. The molecule has 1 atom stereocenters. The van der Waals surface area contributed by atoms with Crippen LogP contribution < -0.4 is 10.6 Å². The second-order valence-corrected chi connectivity index (χ2v) is 5.27. The van der Waals surface area contributed by atoms with E-state index < -0.39 is 12.0 Å². The van der Waals surface area contributed by atoms with E-state index in [1.807, 2.05) is 0 Å². The molecule has 0 radical (unpaired) electrons. The van der Waals surface area contributed by atoms with Gasteiger partial charge in [-0.2, -0.15) is 0 Å². The molecule has 2 N–H and O–H groups in total. The van der Waals surface area contributed by atoms with E-state index in [0.29, 0.717) is 16.4 Å². The first-order valence-corrected chi connectivity index (χ1v) is 6.49. The summed E-state index contributed by atoms with van der Waals surface area (Å²) in [5.41, 5.74) is 0.238. The normalized spacial score (nSPS) is 18.9. The number of imide groups is 1. The predicted molar refractivity (Wildman–Crippen MR) is 68.0 cm³/mol. The molecule has 0 saturated carbocycles. The van der Waals surface area contributed by atoms with E-state index in [1.54, 1.807) is 6.92 Å². The maximum absolute atomic E-state index is 11.6. The summed E-state index contributed by atoms with van der Waals surface area (Å²) in [5, 5.41) is 5.64. The highest BCUT2D eigenvalue weighted by Crippen LogP contribution is 2.24. The van der Waals surface area contributed by atoms with Gasteiger partial charge in [-0.1, -0.05) is 0 Å². The minimum atomic E-state index is -0.509. The summed E-state index contributed by atoms with van der Waals surface area (Å²) in [5.74, 6) is -1.15. The quantitative estimate of drug-likeness (QED) is 0.617. The fourth-order valence-electron chi connectivity index (χ4n) is 1.72. The zero-order valence-electron chi connectivity index (χ0n) is 10.5. The molecule has 1 unspecified atom stereocenters. The van der Waals surface area contributed by atoms with Crippen LogP contribution in [0.25, 0.3) is 0 Å². The van der Waals surface area contributed by atoms with Crippen molar-refractivity contribution >= 4 is 34.3 Å². The number of aromatic nitrogens is 1. The highest BCUT2D eigenvalue weighted by molar-refractivity contribution is 7.15. The summed E-state index contributed by atoms with van der Waals surface area (Å²) in [7, 11) is 1.29. The van der Waals surface area contributed by atoms with E-state index in [4.69, 9.17) is 0 Å². The lowest BCUT2D eigenvalue weighted by atomic mass is 10.1. The van der Waals surface area contributed by atoms with Crippen molar-refractivity contribution in [1.82, 2.24) is 10.3 Å². The number of piperidine rings is 1. The van der Waals surface area contributed by atoms with Gasteiger partial charge in [-0.3, -0.25) is 14.9 Å². The Bertz CT molecular complexity index is 540. The number of anilines is 1. The van der Waals surface area contributed by atoms with Crippen molar-refractivity contribution in [3.8, 4) is 0 Å². The van der Waals surface area contributed by atoms with Crippen molar-refractivity contribution in [2.24, 2.45) is 0 Å². The van der Waals surface area contributed by atoms with Gasteiger partial charge in [0.1, 0.15) is 6.04 Å². The average molecular weight is 283 g/mol. The molecule has 2 rings (SSSR count). The summed E-state index contributed by atoms with van der Waals surface area (Å²) >= 11 is 1.27. The second-order valence-electron chi connectivity index (χ2n) is 4.06. The van der Waals surface area contributed by atoms with Gasteiger partial charge in [0.05, 0.1) is 7.11 Å². The van der Waals surface area contributed by atoms with Gasteiger partial charge in [-0.25, -0.2) is 9.78 Å². The Hall–Kier alpha value is -1.96. The fourth-order valence-corrected chi connectivity index (χ4v) is 2.58. The number of carbonyl (C=O) groups is 3. The third kappa shape index (κ3) is 2.90. The number of aryl methyl sites for hydroxylation is 1. The molecule has 1 aromatic heterocycles. The number of thiazole rings is 1. The Balaban J connectivity index is 2.09. The van der Waals surface area contributed by atoms with Gasteiger partial charge < -0.3 is 10.1 Å². The third-order valence-corrected chi connectivity index (χ3v) is 3.61. The van der Waals surface area contributed by atoms with Crippen molar-refractivity contribution in [1.29, 1.82) is 0 Å². The van der Waals surface area contributed by atoms with Crippen molar-refractivity contribution in [3.05, 3.63) is 10.6 Å². The fraction of sp³-hybridized carbons (Fsp3) is 0.455. The van der Waals surface area contributed by atoms with Crippen LogP contribution >= 0.6 is 11.3 Å². The first-order chi connectivity index (χ1) is 9.01. The van der Waals surface area contributed by atoms with Crippen LogP contribution in [-0.2, 0) is 14.3 Å². The number of nitrogens with one attached hydrogen (secondary N) is 2. The van der Waals surface area contributed by atoms with Gasteiger partial charge in [-0.05, 0) is 13.3 Å². The molecule has 2 heterocycles. The zero-order chi connectivity index (χ0) is 14.0. The Kier molecular flexibility index (Phi) is 3.79. The number of hydrogen-bond donors (Lipinski definition) is 2. The number of carbonyl (C=O) groups excluding carboxylic acids is 3. The predicted octanol–water partition coefficient (Wildman–Crippen LogP) is 0.455. The Morgan fingerprint density at radius 1 is 1.53 bits per heavy atom. The molecular formula is C11H13N3O4S. The minimum absolute atomic E-state index is 0.238. The molecule has 2 amide bonds. The van der Waals surface area contributed by atoms with Gasteiger partial charge in [0.15, 0.2) is 10.8 Å². The summed E-state index contributed by atoms with van der Waals surface area (Å²) < 4.78 is 4.61. The molecule has 1 saturated heterocycles. The second kappa shape index (κ2) is 5.35. The molecule has 102 valence electrons. The van der Waals surface area contributed by atoms with Crippen LogP contribution in [0.5, 0.6) is 0 Å². The van der Waals surface area contributed by atoms with E-state index >= 15 is 0 Å². The number of esters is 1. The summed E-state index contributed by atoms with van der Waals surface area (Å²) in [4.78, 5) is 38.8. The number of methoxy groups -OCH3 is 1. The van der Waals surface area contributed by atoms with Crippen LogP contribution in [0.3, 0.4) is 0 Å². The molecule has 19 heavy (non-hydrogen) atoms. The van der Waals surface area contributed by atoms with Crippen molar-refractivity contribution in [2.75, 3.05) is 12.4 Å². The Labute approximate surface area is 113 Å². The first kappa shape index (κ1) is 13.5. The lowest BCUT2D eigenvalue weighted by molar-refractivity contribution is -0.133. The van der Waals surface area contributed by atoms with Crippen LogP contribution in [0.15, 0.2) is 0 Å². The Morgan fingerprint density at radius 2 is 2.26 bits per heavy atom. The molecule has 1 aromatic rings. The van der Waals surface area contributed by atoms with Crippen LogP contribution in [0.4, 0.5) is 5.13 Å². The molecule has 1 fully saturated rings. The van der Waals surface area contributed by atoms with E-state index in [2.05, 4.69) is 20.4 Å². The summed E-state index contributed by atoms with van der Waals surface area (Å²) in [6.07, 6.45) is 0.703. The maximum Gasteiger partial charge on any atom is 0.357 e. The molecule has 0 aromatic carbocycles. The molecule has 0 aliphatic carbocycles. The van der Waals surface area contributed by atoms with Gasteiger partial charge >= 0.3 is 5.97 Å². The zero-order valence-corrected chi connectivity index (χ0v) is 11.3. The van der Waals surface area contributed by atoms with E-state index in [-0.39, 0.29) is 23.9 Å². The van der Waals surface area contributed by atoms with Crippen LogP contribution in [0.1, 0.15) is 28.2 Å². The Morgan fingerprint density at radius 3 is 2.89 bits per heavy atom. The smallest absolute Gasteiger partial charge is 0.357 e. The van der Waals surface area contributed by atoms with E-state index in [1.165, 1.54) is 18.4 Å². The molecule has 1 aliphatic rings. The summed E-state index contributed by atoms with van der Waals surface area (Å²) in [6.45, 7) is 1.75. The highest BCUT2D eigenvalue weighted by Gasteiger charge is 2.27. The van der Waals surface area contributed by atoms with Crippen LogP contribution in [0, 0.1) is 6.92 Å². The van der Waals surface area contributed by atoms with Gasteiger partial charge in [0, 0.05) is 11.3 Å². The first-order valence-electron chi connectivity index (χ1n) is 5.67. The largest absolute Gasteiger partial charge is 0.464 e. The lowest BCUT2D eigenvalue weighted by Crippen LogP contribution is -2.47. The third-order valence-electron chi connectivity index (χ3n) is 2.71. The molecular weight excluding hydrogens is 270 g/mol. The molecule has 1 aliphatic heterocycles. The summed E-state index contributed by atoms with van der Waals surface area (Å²) in [6, 6.07) is -0.506. The van der Waals surface area contributed by atoms with Gasteiger partial charge in [0.25, 0.3) is 0 Å². The number of hydrogen-bond acceptors (Lipinski definition) is 7. The maximum atomic E-state index is 11.6. The molecule has 8 heteroatoms. The van der Waals surface area contributed by atoms with Crippen molar-refractivity contribution < 1.29 is 19.1 Å². The van der Waals surface area contributed by atoms with Gasteiger partial charge in [0.2, 0.25) is 11.8 Å².